The quantitative estimate of drug-likeness (QED) is 0.810. The molecular formula is C12H12N2O. The van der Waals surface area contributed by atoms with Crippen molar-refractivity contribution in [3.05, 3.63) is 48.2 Å². The summed E-state index contributed by atoms with van der Waals surface area (Å²) in [6.45, 7) is 2.00. The summed E-state index contributed by atoms with van der Waals surface area (Å²) in [6.07, 6.45) is 1.61. The lowest BCUT2D eigenvalue weighted by Crippen LogP contribution is -1.91. The van der Waals surface area contributed by atoms with E-state index in [-0.39, 0.29) is 0 Å². The van der Waals surface area contributed by atoms with Gasteiger partial charge in [-0.2, -0.15) is 0 Å². The summed E-state index contributed by atoms with van der Waals surface area (Å²) in [5, 5.41) is 0. The van der Waals surface area contributed by atoms with Crippen molar-refractivity contribution in [3.63, 3.8) is 0 Å². The van der Waals surface area contributed by atoms with Crippen LogP contribution in [-0.2, 0) is 0 Å². The third kappa shape index (κ3) is 2.26. The van der Waals surface area contributed by atoms with E-state index in [1.807, 2.05) is 31.2 Å². The highest BCUT2D eigenvalue weighted by molar-refractivity contribution is 5.38. The van der Waals surface area contributed by atoms with E-state index in [0.717, 1.165) is 11.3 Å². The highest BCUT2D eigenvalue weighted by Gasteiger charge is 1.99. The first-order valence-corrected chi connectivity index (χ1v) is 4.71. The van der Waals surface area contributed by atoms with Gasteiger partial charge in [-0.25, -0.2) is 4.98 Å². The number of pyridine rings is 1. The second kappa shape index (κ2) is 4.00. The Kier molecular flexibility index (Phi) is 2.54. The number of aromatic nitrogens is 1. The number of benzene rings is 1. The van der Waals surface area contributed by atoms with E-state index >= 15 is 0 Å². The Morgan fingerprint density at radius 3 is 2.60 bits per heavy atom. The van der Waals surface area contributed by atoms with E-state index in [2.05, 4.69) is 4.98 Å². The molecule has 3 nitrogen and oxygen atoms in total. The smallest absolute Gasteiger partial charge is 0.145 e. The average Bonchev–Trinajstić information content (AvgIpc) is 2.25. The lowest BCUT2D eigenvalue weighted by atomic mass is 10.2. The van der Waals surface area contributed by atoms with Crippen LogP contribution in [0.3, 0.4) is 0 Å². The SMILES string of the molecule is Cc1ccccc1Oc1ccc(N)nc1. The minimum Gasteiger partial charge on any atom is -0.455 e. The molecule has 0 unspecified atom stereocenters. The van der Waals surface area contributed by atoms with Gasteiger partial charge >= 0.3 is 0 Å². The van der Waals surface area contributed by atoms with Crippen LogP contribution < -0.4 is 10.5 Å². The van der Waals surface area contributed by atoms with Gasteiger partial charge in [0, 0.05) is 0 Å². The van der Waals surface area contributed by atoms with Crippen molar-refractivity contribution >= 4 is 5.82 Å². The number of anilines is 1. The molecule has 0 fully saturated rings. The van der Waals surface area contributed by atoms with Crippen molar-refractivity contribution in [2.45, 2.75) is 6.92 Å². The number of hydrogen-bond acceptors (Lipinski definition) is 3. The monoisotopic (exact) mass is 200 g/mol. The zero-order chi connectivity index (χ0) is 10.7. The molecule has 0 radical (unpaired) electrons. The molecule has 1 aromatic carbocycles. The van der Waals surface area contributed by atoms with Crippen LogP contribution in [0.2, 0.25) is 0 Å². The van der Waals surface area contributed by atoms with Crippen molar-refractivity contribution < 1.29 is 4.74 Å². The summed E-state index contributed by atoms with van der Waals surface area (Å²) in [6, 6.07) is 11.4. The predicted octanol–water partition coefficient (Wildman–Crippen LogP) is 2.76. The topological polar surface area (TPSA) is 48.1 Å². The molecule has 76 valence electrons. The van der Waals surface area contributed by atoms with Gasteiger partial charge in [-0.05, 0) is 30.7 Å². The number of hydrogen-bond donors (Lipinski definition) is 1. The van der Waals surface area contributed by atoms with E-state index in [0.29, 0.717) is 11.6 Å². The van der Waals surface area contributed by atoms with Crippen molar-refractivity contribution in [3.8, 4) is 11.5 Å². The third-order valence-electron chi connectivity index (χ3n) is 2.08. The molecule has 2 N–H and O–H groups in total. The summed E-state index contributed by atoms with van der Waals surface area (Å²) in [5.74, 6) is 2.02. The number of nitrogens with two attached hydrogens (primary N) is 1. The molecule has 1 heterocycles. The lowest BCUT2D eigenvalue weighted by Gasteiger charge is -2.07. The summed E-state index contributed by atoms with van der Waals surface area (Å²) >= 11 is 0. The molecule has 0 spiro atoms. The minimum absolute atomic E-state index is 0.493. The van der Waals surface area contributed by atoms with Gasteiger partial charge in [0.15, 0.2) is 0 Å². The van der Waals surface area contributed by atoms with E-state index in [4.69, 9.17) is 10.5 Å². The van der Waals surface area contributed by atoms with E-state index < -0.39 is 0 Å². The van der Waals surface area contributed by atoms with Crippen LogP contribution >= 0.6 is 0 Å². The molecule has 0 aliphatic rings. The Bertz CT molecular complexity index is 451. The summed E-state index contributed by atoms with van der Waals surface area (Å²) in [7, 11) is 0. The fourth-order valence-electron chi connectivity index (χ4n) is 1.25. The van der Waals surface area contributed by atoms with Crippen LogP contribution in [0.1, 0.15) is 5.56 Å². The Labute approximate surface area is 88.5 Å². The van der Waals surface area contributed by atoms with Gasteiger partial charge in [0.25, 0.3) is 0 Å². The minimum atomic E-state index is 0.493. The van der Waals surface area contributed by atoms with Gasteiger partial charge in [0.05, 0.1) is 6.20 Å². The zero-order valence-corrected chi connectivity index (χ0v) is 8.47. The van der Waals surface area contributed by atoms with E-state index in [9.17, 15) is 0 Å². The molecule has 0 saturated heterocycles. The average molecular weight is 200 g/mol. The van der Waals surface area contributed by atoms with E-state index in [1.165, 1.54) is 0 Å². The van der Waals surface area contributed by atoms with Crippen LogP contribution in [0, 0.1) is 6.92 Å². The van der Waals surface area contributed by atoms with Gasteiger partial charge in [0.1, 0.15) is 17.3 Å². The van der Waals surface area contributed by atoms with Crippen LogP contribution in [-0.4, -0.2) is 4.98 Å². The van der Waals surface area contributed by atoms with Crippen molar-refractivity contribution in [1.82, 2.24) is 4.98 Å². The number of aryl methyl sites for hydroxylation is 1. The zero-order valence-electron chi connectivity index (χ0n) is 8.47. The van der Waals surface area contributed by atoms with Crippen molar-refractivity contribution in [2.75, 3.05) is 5.73 Å². The molecule has 15 heavy (non-hydrogen) atoms. The first kappa shape index (κ1) is 9.52. The Hall–Kier alpha value is -2.03. The maximum Gasteiger partial charge on any atom is 0.145 e. The van der Waals surface area contributed by atoms with Crippen LogP contribution in [0.25, 0.3) is 0 Å². The molecule has 2 rings (SSSR count). The molecule has 0 saturated carbocycles. The molecule has 0 atom stereocenters. The van der Waals surface area contributed by atoms with Crippen molar-refractivity contribution in [2.24, 2.45) is 0 Å². The van der Waals surface area contributed by atoms with Crippen LogP contribution in [0.4, 0.5) is 5.82 Å². The Morgan fingerprint density at radius 2 is 1.93 bits per heavy atom. The second-order valence-corrected chi connectivity index (χ2v) is 3.29. The lowest BCUT2D eigenvalue weighted by molar-refractivity contribution is 0.477. The molecule has 0 aliphatic heterocycles. The largest absolute Gasteiger partial charge is 0.455 e. The number of nitrogens with zero attached hydrogens (tertiary/aromatic N) is 1. The maximum atomic E-state index is 5.65. The van der Waals surface area contributed by atoms with Crippen molar-refractivity contribution in [1.29, 1.82) is 0 Å². The fraction of sp³-hybridized carbons (Fsp3) is 0.0833. The van der Waals surface area contributed by atoms with Gasteiger partial charge in [-0.3, -0.25) is 0 Å². The maximum absolute atomic E-state index is 5.65. The van der Waals surface area contributed by atoms with Gasteiger partial charge in [-0.1, -0.05) is 18.2 Å². The first-order valence-electron chi connectivity index (χ1n) is 4.71. The first-order chi connectivity index (χ1) is 7.25. The van der Waals surface area contributed by atoms with Gasteiger partial charge < -0.3 is 10.5 Å². The number of rotatable bonds is 2. The molecule has 0 amide bonds. The number of ether oxygens (including phenoxy) is 1. The third-order valence-corrected chi connectivity index (χ3v) is 2.08. The molecule has 1 aromatic heterocycles. The van der Waals surface area contributed by atoms with Crippen LogP contribution in [0.15, 0.2) is 42.6 Å². The predicted molar refractivity (Wildman–Crippen MR) is 59.9 cm³/mol. The standard InChI is InChI=1S/C12H12N2O/c1-9-4-2-3-5-11(9)15-10-6-7-12(13)14-8-10/h2-8H,1H3,(H2,13,14). The molecular weight excluding hydrogens is 188 g/mol. The summed E-state index contributed by atoms with van der Waals surface area (Å²) in [4.78, 5) is 3.96. The fourth-order valence-corrected chi connectivity index (χ4v) is 1.25. The highest BCUT2D eigenvalue weighted by atomic mass is 16.5. The highest BCUT2D eigenvalue weighted by Crippen LogP contribution is 2.23. The summed E-state index contributed by atoms with van der Waals surface area (Å²) in [5.41, 5.74) is 6.58. The molecule has 3 heteroatoms. The Morgan fingerprint density at radius 1 is 1.13 bits per heavy atom. The van der Waals surface area contributed by atoms with E-state index in [1.54, 1.807) is 18.3 Å². The number of para-hydroxylation sites is 1. The normalized spacial score (nSPS) is 9.93. The van der Waals surface area contributed by atoms with Gasteiger partial charge in [0.2, 0.25) is 0 Å². The second-order valence-electron chi connectivity index (χ2n) is 3.29. The van der Waals surface area contributed by atoms with Gasteiger partial charge in [-0.15, -0.1) is 0 Å². The molecule has 0 aliphatic carbocycles. The molecule has 0 bridgehead atoms. The summed E-state index contributed by atoms with van der Waals surface area (Å²) < 4.78 is 5.65. The molecule has 2 aromatic rings. The van der Waals surface area contributed by atoms with Crippen LogP contribution in [0.5, 0.6) is 11.5 Å². The Balaban J connectivity index is 2.22. The number of nitrogen functional groups attached to an aromatic ring is 1.